The van der Waals surface area contributed by atoms with Crippen molar-refractivity contribution >= 4 is 10.0 Å². The van der Waals surface area contributed by atoms with Gasteiger partial charge in [-0.1, -0.05) is 0 Å². The van der Waals surface area contributed by atoms with Crippen molar-refractivity contribution in [3.63, 3.8) is 0 Å². The second-order valence-corrected chi connectivity index (χ2v) is 6.29. The molecular weight excluding hydrogens is 257 g/mol. The second kappa shape index (κ2) is 5.53. The summed E-state index contributed by atoms with van der Waals surface area (Å²) in [5, 5.41) is 0. The van der Waals surface area contributed by atoms with Crippen molar-refractivity contribution in [3.8, 4) is 0 Å². The Morgan fingerprint density at radius 2 is 1.71 bits per heavy atom. The van der Waals surface area contributed by atoms with E-state index in [1.807, 2.05) is 0 Å². The first-order valence-electron chi connectivity index (χ1n) is 5.50. The Kier molecular flexibility index (Phi) is 4.79. The lowest BCUT2D eigenvalue weighted by atomic mass is 9.93. The highest BCUT2D eigenvalue weighted by atomic mass is 32.2. The molecule has 0 bridgehead atoms. The van der Waals surface area contributed by atoms with E-state index < -0.39 is 28.4 Å². The normalized spacial score (nSPS) is 27.1. The zero-order valence-corrected chi connectivity index (χ0v) is 10.1. The van der Waals surface area contributed by atoms with Gasteiger partial charge in [-0.2, -0.15) is 13.2 Å². The molecule has 0 aromatic carbocycles. The smallest absolute Gasteiger partial charge is 0.328 e. The summed E-state index contributed by atoms with van der Waals surface area (Å²) in [6.07, 6.45) is -3.17. The van der Waals surface area contributed by atoms with Crippen molar-refractivity contribution < 1.29 is 21.6 Å². The molecule has 0 aromatic heterocycles. The molecule has 0 amide bonds. The maximum Gasteiger partial charge on any atom is 0.390 e. The topological polar surface area (TPSA) is 72.2 Å². The average Bonchev–Trinajstić information content (AvgIpc) is 2.18. The molecule has 8 heteroatoms. The first-order chi connectivity index (χ1) is 7.68. The molecule has 1 saturated carbocycles. The molecule has 0 heterocycles. The second-order valence-electron chi connectivity index (χ2n) is 4.41. The fourth-order valence-electron chi connectivity index (χ4n) is 1.80. The van der Waals surface area contributed by atoms with E-state index in [0.717, 1.165) is 0 Å². The van der Waals surface area contributed by atoms with Gasteiger partial charge in [0.05, 0.1) is 12.2 Å². The van der Waals surface area contributed by atoms with E-state index in [9.17, 15) is 21.6 Å². The van der Waals surface area contributed by atoms with Gasteiger partial charge in [-0.05, 0) is 25.7 Å². The maximum atomic E-state index is 11.9. The standard InChI is InChI=1S/C9H17F3N2O2S/c10-9(11,12)5-6-17(15,16)14-8-3-1-7(13)2-4-8/h7-8,14H,1-6,13H2/t7-,8-. The molecule has 0 aromatic rings. The quantitative estimate of drug-likeness (QED) is 0.807. The summed E-state index contributed by atoms with van der Waals surface area (Å²) in [7, 11) is -3.84. The molecule has 1 fully saturated rings. The Balaban J connectivity index is 2.39. The maximum absolute atomic E-state index is 11.9. The van der Waals surface area contributed by atoms with Crippen LogP contribution in [0.15, 0.2) is 0 Å². The lowest BCUT2D eigenvalue weighted by Gasteiger charge is -2.26. The summed E-state index contributed by atoms with van der Waals surface area (Å²) < 4.78 is 60.8. The van der Waals surface area contributed by atoms with E-state index in [4.69, 9.17) is 5.73 Å². The highest BCUT2D eigenvalue weighted by molar-refractivity contribution is 7.89. The summed E-state index contributed by atoms with van der Waals surface area (Å²) in [6, 6.07) is -0.195. The van der Waals surface area contributed by atoms with Crippen LogP contribution in [-0.2, 0) is 10.0 Å². The minimum atomic E-state index is -4.44. The van der Waals surface area contributed by atoms with Gasteiger partial charge in [0, 0.05) is 12.1 Å². The van der Waals surface area contributed by atoms with Crippen molar-refractivity contribution in [2.45, 2.75) is 50.4 Å². The van der Waals surface area contributed by atoms with Gasteiger partial charge in [-0.15, -0.1) is 0 Å². The Labute approximate surface area is 98.8 Å². The van der Waals surface area contributed by atoms with E-state index in [1.165, 1.54) is 0 Å². The van der Waals surface area contributed by atoms with Crippen molar-refractivity contribution in [2.75, 3.05) is 5.75 Å². The van der Waals surface area contributed by atoms with Gasteiger partial charge in [0.2, 0.25) is 10.0 Å². The zero-order valence-electron chi connectivity index (χ0n) is 9.33. The van der Waals surface area contributed by atoms with Gasteiger partial charge in [0.25, 0.3) is 0 Å². The van der Waals surface area contributed by atoms with E-state index in [2.05, 4.69) is 4.72 Å². The highest BCUT2D eigenvalue weighted by Gasteiger charge is 2.31. The molecule has 17 heavy (non-hydrogen) atoms. The molecule has 3 N–H and O–H groups in total. The summed E-state index contributed by atoms with van der Waals surface area (Å²) in [6.45, 7) is 0. The SMILES string of the molecule is N[C@H]1CC[C@H](NS(=O)(=O)CCC(F)(F)F)CC1. The van der Waals surface area contributed by atoms with Crippen LogP contribution in [0.4, 0.5) is 13.2 Å². The zero-order chi connectivity index (χ0) is 13.1. The summed E-state index contributed by atoms with van der Waals surface area (Å²) in [4.78, 5) is 0. The molecule has 0 radical (unpaired) electrons. The van der Waals surface area contributed by atoms with Crippen molar-refractivity contribution in [2.24, 2.45) is 5.73 Å². The van der Waals surface area contributed by atoms with Crippen LogP contribution in [0.25, 0.3) is 0 Å². The third-order valence-corrected chi connectivity index (χ3v) is 4.21. The van der Waals surface area contributed by atoms with Crippen LogP contribution in [0, 0.1) is 0 Å². The summed E-state index contributed by atoms with van der Waals surface area (Å²) >= 11 is 0. The molecule has 1 rings (SSSR count). The minimum Gasteiger partial charge on any atom is -0.328 e. The Morgan fingerprint density at radius 1 is 1.18 bits per heavy atom. The van der Waals surface area contributed by atoms with Crippen LogP contribution in [-0.4, -0.2) is 32.4 Å². The van der Waals surface area contributed by atoms with Crippen molar-refractivity contribution in [1.29, 1.82) is 0 Å². The highest BCUT2D eigenvalue weighted by Crippen LogP contribution is 2.21. The number of sulfonamides is 1. The third-order valence-electron chi connectivity index (χ3n) is 2.77. The molecule has 0 aliphatic heterocycles. The van der Waals surface area contributed by atoms with Crippen LogP contribution in [0.1, 0.15) is 32.1 Å². The van der Waals surface area contributed by atoms with Crippen LogP contribution in [0.2, 0.25) is 0 Å². The summed E-state index contributed by atoms with van der Waals surface area (Å²) in [5.74, 6) is -0.904. The van der Waals surface area contributed by atoms with Gasteiger partial charge in [-0.25, -0.2) is 13.1 Å². The molecule has 0 saturated heterocycles. The van der Waals surface area contributed by atoms with Crippen LogP contribution in [0.3, 0.4) is 0 Å². The lowest BCUT2D eigenvalue weighted by Crippen LogP contribution is -2.41. The monoisotopic (exact) mass is 274 g/mol. The molecule has 1 aliphatic carbocycles. The predicted molar refractivity (Wildman–Crippen MR) is 57.8 cm³/mol. The number of alkyl halides is 3. The first kappa shape index (κ1) is 14.7. The molecule has 102 valence electrons. The molecule has 0 unspecified atom stereocenters. The largest absolute Gasteiger partial charge is 0.390 e. The van der Waals surface area contributed by atoms with Crippen LogP contribution >= 0.6 is 0 Å². The van der Waals surface area contributed by atoms with Crippen molar-refractivity contribution in [3.05, 3.63) is 0 Å². The van der Waals surface area contributed by atoms with Gasteiger partial charge in [0.15, 0.2) is 0 Å². The Morgan fingerprint density at radius 3 is 2.18 bits per heavy atom. The number of halogens is 3. The molecule has 0 atom stereocenters. The van der Waals surface area contributed by atoms with Gasteiger partial charge in [-0.3, -0.25) is 0 Å². The molecule has 4 nitrogen and oxygen atoms in total. The van der Waals surface area contributed by atoms with Gasteiger partial charge in [0.1, 0.15) is 0 Å². The Hall–Kier alpha value is -0.340. The fraction of sp³-hybridized carbons (Fsp3) is 1.00. The van der Waals surface area contributed by atoms with Gasteiger partial charge < -0.3 is 5.73 Å². The van der Waals surface area contributed by atoms with Gasteiger partial charge >= 0.3 is 6.18 Å². The van der Waals surface area contributed by atoms with Crippen molar-refractivity contribution in [1.82, 2.24) is 4.72 Å². The number of nitrogens with one attached hydrogen (secondary N) is 1. The average molecular weight is 274 g/mol. The summed E-state index contributed by atoms with van der Waals surface area (Å²) in [5.41, 5.74) is 5.65. The number of hydrogen-bond donors (Lipinski definition) is 2. The predicted octanol–water partition coefficient (Wildman–Crippen LogP) is 1.13. The number of nitrogens with two attached hydrogens (primary N) is 1. The Bertz CT molecular complexity index is 335. The third kappa shape index (κ3) is 6.23. The molecular formula is C9H17F3N2O2S. The number of rotatable bonds is 4. The molecule has 1 aliphatic rings. The lowest BCUT2D eigenvalue weighted by molar-refractivity contribution is -0.130. The van der Waals surface area contributed by atoms with E-state index >= 15 is 0 Å². The number of hydrogen-bond acceptors (Lipinski definition) is 3. The van der Waals surface area contributed by atoms with E-state index in [1.54, 1.807) is 0 Å². The van der Waals surface area contributed by atoms with Crippen LogP contribution < -0.4 is 10.5 Å². The molecule has 0 spiro atoms. The van der Waals surface area contributed by atoms with Crippen LogP contribution in [0.5, 0.6) is 0 Å². The minimum absolute atomic E-state index is 0.0749. The fourth-order valence-corrected chi connectivity index (χ4v) is 3.16. The van der Waals surface area contributed by atoms with E-state index in [0.29, 0.717) is 25.7 Å². The van der Waals surface area contributed by atoms with E-state index in [-0.39, 0.29) is 12.1 Å². The first-order valence-corrected chi connectivity index (χ1v) is 7.15.